The molecule has 0 spiro atoms. The topological polar surface area (TPSA) is 52.6 Å². The number of carbonyl (C=O) groups is 2. The number of ether oxygens (including phenoxy) is 2. The summed E-state index contributed by atoms with van der Waals surface area (Å²) in [7, 11) is 0. The molecule has 1 atom stereocenters. The van der Waals surface area contributed by atoms with Crippen molar-refractivity contribution >= 4 is 11.9 Å². The molecule has 2 aromatic rings. The predicted molar refractivity (Wildman–Crippen MR) is 114 cm³/mol. The Morgan fingerprint density at radius 3 is 1.90 bits per heavy atom. The lowest BCUT2D eigenvalue weighted by atomic mass is 9.74. The normalized spacial score (nSPS) is 22.0. The summed E-state index contributed by atoms with van der Waals surface area (Å²) < 4.78 is 11.3. The number of carbonyl (C=O) groups excluding carboxylic acids is 2. The number of fused-ring (bicyclic) bond motifs is 1. The minimum atomic E-state index is -1.27. The smallest absolute Gasteiger partial charge is 0.324 e. The summed E-state index contributed by atoms with van der Waals surface area (Å²) >= 11 is 0. The molecule has 0 saturated heterocycles. The van der Waals surface area contributed by atoms with E-state index in [2.05, 4.69) is 13.0 Å². The van der Waals surface area contributed by atoms with E-state index >= 15 is 0 Å². The van der Waals surface area contributed by atoms with Gasteiger partial charge in [0.15, 0.2) is 5.41 Å². The van der Waals surface area contributed by atoms with Gasteiger partial charge in [0.25, 0.3) is 0 Å². The van der Waals surface area contributed by atoms with Crippen molar-refractivity contribution in [2.24, 2.45) is 10.8 Å². The van der Waals surface area contributed by atoms with Crippen LogP contribution in [0.15, 0.2) is 72.3 Å². The summed E-state index contributed by atoms with van der Waals surface area (Å²) in [5.41, 5.74) is 1.59. The first-order valence-electron chi connectivity index (χ1n) is 10.6. The van der Waals surface area contributed by atoms with Crippen LogP contribution in [0.4, 0.5) is 0 Å². The minimum absolute atomic E-state index is 0.143. The Balaban J connectivity index is 1.55. The van der Waals surface area contributed by atoms with Gasteiger partial charge in [-0.2, -0.15) is 0 Å². The Bertz CT molecular complexity index is 877. The molecule has 4 heteroatoms. The summed E-state index contributed by atoms with van der Waals surface area (Å²) in [6.45, 7) is 2.47. The zero-order chi connectivity index (χ0) is 21.0. The molecule has 0 aliphatic heterocycles. The van der Waals surface area contributed by atoms with Crippen LogP contribution in [0, 0.1) is 10.8 Å². The molecule has 156 valence electrons. The van der Waals surface area contributed by atoms with Crippen LogP contribution in [-0.2, 0) is 32.3 Å². The lowest BCUT2D eigenvalue weighted by Gasteiger charge is -2.31. The Kier molecular flexibility index (Phi) is 5.76. The Hall–Kier alpha value is -2.88. The first kappa shape index (κ1) is 20.4. The number of benzene rings is 2. The van der Waals surface area contributed by atoms with Crippen molar-refractivity contribution in [3.63, 3.8) is 0 Å². The molecule has 2 aliphatic carbocycles. The summed E-state index contributed by atoms with van der Waals surface area (Å²) in [4.78, 5) is 26.7. The third-order valence-corrected chi connectivity index (χ3v) is 6.49. The van der Waals surface area contributed by atoms with Gasteiger partial charge in [-0.05, 0) is 48.6 Å². The largest absolute Gasteiger partial charge is 0.460 e. The van der Waals surface area contributed by atoms with Gasteiger partial charge < -0.3 is 9.47 Å². The maximum absolute atomic E-state index is 13.3. The van der Waals surface area contributed by atoms with Gasteiger partial charge in [-0.15, -0.1) is 0 Å². The molecule has 1 saturated carbocycles. The van der Waals surface area contributed by atoms with Crippen LogP contribution in [0.1, 0.15) is 50.2 Å². The maximum atomic E-state index is 13.3. The lowest BCUT2D eigenvalue weighted by molar-refractivity contribution is -0.174. The molecule has 2 aliphatic rings. The van der Waals surface area contributed by atoms with E-state index in [1.165, 1.54) is 5.57 Å². The van der Waals surface area contributed by atoms with Crippen molar-refractivity contribution in [3.8, 4) is 0 Å². The fraction of sp³-hybridized carbons (Fsp3) is 0.385. The van der Waals surface area contributed by atoms with Gasteiger partial charge in [-0.3, -0.25) is 9.59 Å². The molecule has 30 heavy (non-hydrogen) atoms. The highest BCUT2D eigenvalue weighted by atomic mass is 16.6. The second-order valence-electron chi connectivity index (χ2n) is 8.74. The van der Waals surface area contributed by atoms with E-state index < -0.39 is 17.4 Å². The van der Waals surface area contributed by atoms with Crippen molar-refractivity contribution in [2.45, 2.75) is 52.2 Å². The fourth-order valence-electron chi connectivity index (χ4n) is 4.81. The van der Waals surface area contributed by atoms with E-state index in [9.17, 15) is 9.59 Å². The molecule has 2 aromatic carbocycles. The van der Waals surface area contributed by atoms with E-state index in [0.717, 1.165) is 30.4 Å². The van der Waals surface area contributed by atoms with Crippen LogP contribution in [-0.4, -0.2) is 11.9 Å². The Morgan fingerprint density at radius 1 is 0.867 bits per heavy atom. The van der Waals surface area contributed by atoms with Crippen molar-refractivity contribution in [1.82, 2.24) is 0 Å². The van der Waals surface area contributed by atoms with Crippen LogP contribution in [0.25, 0.3) is 0 Å². The SMILES string of the molecule is CC12CCCC=C1CC(C(=O)OCc1ccccc1)(C(=O)OCc1ccccc1)C2. The Labute approximate surface area is 177 Å². The molecule has 0 radical (unpaired) electrons. The van der Waals surface area contributed by atoms with Crippen LogP contribution < -0.4 is 0 Å². The average molecular weight is 405 g/mol. The molecule has 0 heterocycles. The fourth-order valence-corrected chi connectivity index (χ4v) is 4.81. The monoisotopic (exact) mass is 404 g/mol. The van der Waals surface area contributed by atoms with Gasteiger partial charge >= 0.3 is 11.9 Å². The average Bonchev–Trinajstić information content (AvgIpc) is 3.11. The maximum Gasteiger partial charge on any atom is 0.324 e. The summed E-state index contributed by atoms with van der Waals surface area (Å²) in [5.74, 6) is -0.943. The third-order valence-electron chi connectivity index (χ3n) is 6.49. The summed E-state index contributed by atoms with van der Waals surface area (Å²) in [6, 6.07) is 19.1. The van der Waals surface area contributed by atoms with Gasteiger partial charge in [0.2, 0.25) is 0 Å². The molecule has 0 aromatic heterocycles. The second-order valence-corrected chi connectivity index (χ2v) is 8.74. The molecule has 0 amide bonds. The highest BCUT2D eigenvalue weighted by Crippen LogP contribution is 2.58. The van der Waals surface area contributed by atoms with Crippen LogP contribution in [0.2, 0.25) is 0 Å². The second kappa shape index (κ2) is 8.47. The van der Waals surface area contributed by atoms with E-state index in [4.69, 9.17) is 9.47 Å². The predicted octanol–water partition coefficient (Wildman–Crippen LogP) is 5.37. The van der Waals surface area contributed by atoms with Crippen molar-refractivity contribution in [3.05, 3.63) is 83.4 Å². The molecule has 4 nitrogen and oxygen atoms in total. The number of rotatable bonds is 6. The third kappa shape index (κ3) is 4.04. The van der Waals surface area contributed by atoms with Crippen LogP contribution in [0.3, 0.4) is 0 Å². The van der Waals surface area contributed by atoms with E-state index in [1.54, 1.807) is 0 Å². The van der Waals surface area contributed by atoms with Gasteiger partial charge in [0, 0.05) is 0 Å². The first-order chi connectivity index (χ1) is 14.5. The van der Waals surface area contributed by atoms with Crippen LogP contribution >= 0.6 is 0 Å². The zero-order valence-corrected chi connectivity index (χ0v) is 17.4. The molecule has 4 rings (SSSR count). The molecule has 0 N–H and O–H groups in total. The standard InChI is InChI=1S/C26H28O4/c1-25-15-9-8-14-22(25)16-26(19-25,23(27)29-17-20-10-4-2-5-11-20)24(28)30-18-21-12-6-3-7-13-21/h2-7,10-14H,8-9,15-19H2,1H3. The van der Waals surface area contributed by atoms with Gasteiger partial charge in [0.1, 0.15) is 13.2 Å². The number of hydrogen-bond donors (Lipinski definition) is 0. The van der Waals surface area contributed by atoms with Crippen molar-refractivity contribution < 1.29 is 19.1 Å². The number of allylic oxidation sites excluding steroid dienone is 2. The minimum Gasteiger partial charge on any atom is -0.460 e. The van der Waals surface area contributed by atoms with Crippen LogP contribution in [0.5, 0.6) is 0 Å². The summed E-state index contributed by atoms with van der Waals surface area (Å²) in [5, 5.41) is 0. The van der Waals surface area contributed by atoms with Crippen molar-refractivity contribution in [2.75, 3.05) is 0 Å². The molecular formula is C26H28O4. The molecule has 1 fully saturated rings. The highest BCUT2D eigenvalue weighted by Gasteiger charge is 2.60. The number of hydrogen-bond acceptors (Lipinski definition) is 4. The molecule has 0 bridgehead atoms. The molecule has 1 unspecified atom stereocenters. The summed E-state index contributed by atoms with van der Waals surface area (Å²) in [6.07, 6.45) is 6.11. The Morgan fingerprint density at radius 2 is 1.40 bits per heavy atom. The number of esters is 2. The van der Waals surface area contributed by atoms with Crippen molar-refractivity contribution in [1.29, 1.82) is 0 Å². The quantitative estimate of drug-likeness (QED) is 0.369. The first-order valence-corrected chi connectivity index (χ1v) is 10.6. The van der Waals surface area contributed by atoms with Gasteiger partial charge in [-0.25, -0.2) is 0 Å². The highest BCUT2D eigenvalue weighted by molar-refractivity contribution is 6.01. The molecular weight excluding hydrogens is 376 g/mol. The lowest BCUT2D eigenvalue weighted by Crippen LogP contribution is -2.40. The van der Waals surface area contributed by atoms with Gasteiger partial charge in [0.05, 0.1) is 0 Å². The van der Waals surface area contributed by atoms with E-state index in [1.807, 2.05) is 60.7 Å². The zero-order valence-electron chi connectivity index (χ0n) is 17.4. The van der Waals surface area contributed by atoms with E-state index in [-0.39, 0.29) is 18.6 Å². The van der Waals surface area contributed by atoms with E-state index in [0.29, 0.717) is 12.8 Å². The van der Waals surface area contributed by atoms with Gasteiger partial charge in [-0.1, -0.05) is 79.2 Å².